The maximum absolute atomic E-state index is 12.9. The van der Waals surface area contributed by atoms with Crippen molar-refractivity contribution < 1.29 is 80.2 Å². The van der Waals surface area contributed by atoms with E-state index in [4.69, 9.17) is 37.0 Å². The molecule has 0 aromatic heterocycles. The Hall–Kier alpha value is -1.94. The molecule has 0 aliphatic rings. The Kier molecular flexibility index (Phi) is 49.3. The van der Waals surface area contributed by atoms with Gasteiger partial charge in [0.05, 0.1) is 26.4 Å². The van der Waals surface area contributed by atoms with Gasteiger partial charge in [0.2, 0.25) is 0 Å². The van der Waals surface area contributed by atoms with Crippen LogP contribution in [0, 0.1) is 23.7 Å². The Labute approximate surface area is 479 Å². The van der Waals surface area contributed by atoms with Gasteiger partial charge in [0, 0.05) is 25.7 Å². The van der Waals surface area contributed by atoms with Gasteiger partial charge in [-0.3, -0.25) is 37.3 Å². The molecule has 0 bridgehead atoms. The molecule has 0 aliphatic heterocycles. The summed E-state index contributed by atoms with van der Waals surface area (Å²) in [4.78, 5) is 71.9. The number of phosphoric ester groups is 2. The lowest BCUT2D eigenvalue weighted by molar-refractivity contribution is -0.161. The van der Waals surface area contributed by atoms with Crippen LogP contribution in [0.25, 0.3) is 0 Å². The predicted molar refractivity (Wildman–Crippen MR) is 312 cm³/mol. The minimum absolute atomic E-state index is 0.100. The lowest BCUT2D eigenvalue weighted by atomic mass is 10.0. The van der Waals surface area contributed by atoms with Crippen LogP contribution in [0.4, 0.5) is 0 Å². The van der Waals surface area contributed by atoms with E-state index in [1.54, 1.807) is 0 Å². The Morgan fingerprint density at radius 2 is 0.532 bits per heavy atom. The average molecular weight is 1170 g/mol. The van der Waals surface area contributed by atoms with Crippen molar-refractivity contribution in [3.63, 3.8) is 0 Å². The fraction of sp³-hybridized carbons (Fsp3) is 0.933. The molecule has 0 saturated heterocycles. The summed E-state index contributed by atoms with van der Waals surface area (Å²) in [6.45, 7) is 13.8. The first kappa shape index (κ1) is 77.1. The number of phosphoric acid groups is 2. The number of hydrogen-bond donors (Lipinski definition) is 3. The van der Waals surface area contributed by atoms with E-state index in [1.165, 1.54) is 70.6 Å². The first-order chi connectivity index (χ1) is 37.6. The Bertz CT molecular complexity index is 1590. The first-order valence-corrected chi connectivity index (χ1v) is 34.2. The number of rotatable bonds is 57. The van der Waals surface area contributed by atoms with Crippen LogP contribution in [0.2, 0.25) is 0 Å². The van der Waals surface area contributed by atoms with E-state index < -0.39 is 97.5 Å². The third-order valence-corrected chi connectivity index (χ3v) is 15.5. The van der Waals surface area contributed by atoms with Gasteiger partial charge in [0.1, 0.15) is 19.3 Å². The molecule has 79 heavy (non-hydrogen) atoms. The van der Waals surface area contributed by atoms with Crippen LogP contribution in [-0.2, 0) is 65.4 Å². The highest BCUT2D eigenvalue weighted by atomic mass is 31.2. The normalized spacial score (nSPS) is 14.6. The van der Waals surface area contributed by atoms with E-state index in [1.807, 2.05) is 0 Å². The summed E-state index contributed by atoms with van der Waals surface area (Å²) in [6.07, 6.45) is 28.4. The highest BCUT2D eigenvalue weighted by Crippen LogP contribution is 2.45. The minimum atomic E-state index is -4.94. The van der Waals surface area contributed by atoms with E-state index in [9.17, 15) is 43.2 Å². The van der Waals surface area contributed by atoms with Crippen LogP contribution in [0.1, 0.15) is 280 Å². The van der Waals surface area contributed by atoms with E-state index in [2.05, 4.69) is 55.4 Å². The number of aliphatic hydroxyl groups excluding tert-OH is 1. The molecular formula is C60H116O17P2. The Balaban J connectivity index is 5.24. The van der Waals surface area contributed by atoms with E-state index >= 15 is 0 Å². The number of ether oxygens (including phenoxy) is 4. The zero-order valence-electron chi connectivity index (χ0n) is 51.0. The van der Waals surface area contributed by atoms with Crippen molar-refractivity contribution in [2.24, 2.45) is 23.7 Å². The molecule has 17 nitrogen and oxygen atoms in total. The quantitative estimate of drug-likeness (QED) is 0.0222. The van der Waals surface area contributed by atoms with Crippen LogP contribution in [0.5, 0.6) is 0 Å². The summed E-state index contributed by atoms with van der Waals surface area (Å²) < 4.78 is 67.7. The second-order valence-electron chi connectivity index (χ2n) is 23.6. The van der Waals surface area contributed by atoms with Gasteiger partial charge in [-0.25, -0.2) is 9.13 Å². The molecule has 0 heterocycles. The fourth-order valence-corrected chi connectivity index (χ4v) is 10.3. The van der Waals surface area contributed by atoms with Crippen LogP contribution in [0.15, 0.2) is 0 Å². The summed E-state index contributed by atoms with van der Waals surface area (Å²) >= 11 is 0. The molecule has 0 amide bonds. The van der Waals surface area contributed by atoms with E-state index in [0.717, 1.165) is 109 Å². The monoisotopic (exact) mass is 1170 g/mol. The topological polar surface area (TPSA) is 237 Å². The van der Waals surface area contributed by atoms with Crippen molar-refractivity contribution in [2.45, 2.75) is 298 Å². The maximum Gasteiger partial charge on any atom is 0.472 e. The van der Waals surface area contributed by atoms with Crippen LogP contribution >= 0.6 is 15.6 Å². The number of carbonyl (C=O) groups excluding carboxylic acids is 4. The second kappa shape index (κ2) is 50.6. The first-order valence-electron chi connectivity index (χ1n) is 31.2. The van der Waals surface area contributed by atoms with Gasteiger partial charge >= 0.3 is 39.5 Å². The Morgan fingerprint density at radius 1 is 0.316 bits per heavy atom. The van der Waals surface area contributed by atoms with Crippen molar-refractivity contribution in [3.8, 4) is 0 Å². The van der Waals surface area contributed by atoms with Crippen molar-refractivity contribution in [3.05, 3.63) is 0 Å². The molecular weight excluding hydrogens is 1050 g/mol. The average Bonchev–Trinajstić information content (AvgIpc) is 3.38. The van der Waals surface area contributed by atoms with Crippen LogP contribution in [-0.4, -0.2) is 96.7 Å². The van der Waals surface area contributed by atoms with Gasteiger partial charge in [-0.1, -0.05) is 229 Å². The van der Waals surface area contributed by atoms with Crippen LogP contribution in [0.3, 0.4) is 0 Å². The standard InChI is InChI=1S/C60H116O17P2/c1-50(2)36-28-20-12-9-10-14-26-34-42-59(64)76-55(47-71-58(63)41-33-25-18-16-22-30-38-52(5)6)48-74-78(66,67)72-44-54(61)45-73-79(68,69)75-49-56(77-60(65)43-35-27-19-17-23-31-39-53(7)8)46-70-57(62)40-32-24-15-11-13-21-29-37-51(3)4/h50-56,61H,9-49H2,1-8H3,(H,66,67)(H,68,69)/t54?,55-,56-/m1/s1. The SMILES string of the molecule is CC(C)CCCCCCCCCCC(=O)O[C@H](COC(=O)CCCCCCCCC(C)C)COP(=O)(O)OCC(O)COP(=O)(O)OC[C@@H](COC(=O)CCCCCCCCCC(C)C)OC(=O)CCCCCCCCC(C)C. The summed E-state index contributed by atoms with van der Waals surface area (Å²) in [6, 6.07) is 0. The highest BCUT2D eigenvalue weighted by molar-refractivity contribution is 7.47. The van der Waals surface area contributed by atoms with Gasteiger partial charge in [0.25, 0.3) is 0 Å². The number of esters is 4. The largest absolute Gasteiger partial charge is 0.472 e. The molecule has 468 valence electrons. The van der Waals surface area contributed by atoms with Crippen molar-refractivity contribution in [2.75, 3.05) is 39.6 Å². The van der Waals surface area contributed by atoms with Crippen molar-refractivity contribution in [1.82, 2.24) is 0 Å². The summed E-state index contributed by atoms with van der Waals surface area (Å²) in [5.74, 6) is 0.620. The molecule has 0 radical (unpaired) electrons. The molecule has 0 rings (SSSR count). The Morgan fingerprint density at radius 3 is 0.785 bits per heavy atom. The van der Waals surface area contributed by atoms with Gasteiger partial charge in [-0.05, 0) is 49.4 Å². The van der Waals surface area contributed by atoms with Crippen molar-refractivity contribution >= 4 is 39.5 Å². The maximum atomic E-state index is 12.9. The molecule has 0 aliphatic carbocycles. The summed E-state index contributed by atoms with van der Waals surface area (Å²) in [5, 5.41) is 10.5. The van der Waals surface area contributed by atoms with E-state index in [0.29, 0.717) is 43.4 Å². The zero-order valence-corrected chi connectivity index (χ0v) is 52.8. The predicted octanol–water partition coefficient (Wildman–Crippen LogP) is 15.8. The lowest BCUT2D eigenvalue weighted by Crippen LogP contribution is -2.30. The lowest BCUT2D eigenvalue weighted by Gasteiger charge is -2.21. The molecule has 0 aromatic carbocycles. The molecule has 0 saturated carbocycles. The molecule has 0 fully saturated rings. The minimum Gasteiger partial charge on any atom is -0.462 e. The molecule has 5 atom stereocenters. The smallest absolute Gasteiger partial charge is 0.462 e. The van der Waals surface area contributed by atoms with Gasteiger partial charge in [-0.2, -0.15) is 0 Å². The third-order valence-electron chi connectivity index (χ3n) is 13.6. The number of unbranched alkanes of at least 4 members (excludes halogenated alkanes) is 23. The molecule has 3 N–H and O–H groups in total. The summed E-state index contributed by atoms with van der Waals surface area (Å²) in [5.41, 5.74) is 0. The molecule has 19 heteroatoms. The third kappa shape index (κ3) is 55.0. The number of aliphatic hydroxyl groups is 1. The van der Waals surface area contributed by atoms with Crippen molar-refractivity contribution in [1.29, 1.82) is 0 Å². The number of hydrogen-bond acceptors (Lipinski definition) is 15. The van der Waals surface area contributed by atoms with Crippen LogP contribution < -0.4 is 0 Å². The van der Waals surface area contributed by atoms with E-state index in [-0.39, 0.29) is 25.7 Å². The summed E-state index contributed by atoms with van der Waals surface area (Å²) in [7, 11) is -9.88. The van der Waals surface area contributed by atoms with Gasteiger partial charge < -0.3 is 33.8 Å². The number of carbonyl (C=O) groups is 4. The van der Waals surface area contributed by atoms with Gasteiger partial charge in [0.15, 0.2) is 12.2 Å². The molecule has 3 unspecified atom stereocenters. The fourth-order valence-electron chi connectivity index (χ4n) is 8.72. The van der Waals surface area contributed by atoms with Gasteiger partial charge in [-0.15, -0.1) is 0 Å². The second-order valence-corrected chi connectivity index (χ2v) is 26.5. The molecule has 0 spiro atoms. The zero-order chi connectivity index (χ0) is 59.0. The highest BCUT2D eigenvalue weighted by Gasteiger charge is 2.30. The molecule has 0 aromatic rings.